The van der Waals surface area contributed by atoms with Gasteiger partial charge in [-0.1, -0.05) is 30.3 Å². The molecule has 0 bridgehead atoms. The van der Waals surface area contributed by atoms with Crippen LogP contribution in [0.4, 0.5) is 0 Å². The van der Waals surface area contributed by atoms with Crippen LogP contribution in [0.25, 0.3) is 0 Å². The van der Waals surface area contributed by atoms with Crippen LogP contribution >= 0.6 is 0 Å². The third kappa shape index (κ3) is 2.53. The second-order valence-corrected chi connectivity index (χ2v) is 3.21. The molecule has 0 saturated heterocycles. The van der Waals surface area contributed by atoms with Gasteiger partial charge in [0.25, 0.3) is 0 Å². The molecule has 0 spiro atoms. The average Bonchev–Trinajstić information content (AvgIpc) is 2.31. The van der Waals surface area contributed by atoms with Crippen LogP contribution in [-0.2, 0) is 0 Å². The van der Waals surface area contributed by atoms with E-state index < -0.39 is 0 Å². The SMILES string of the molecule is CC(Oc1cnccn1)c1ccccc1. The lowest BCUT2D eigenvalue weighted by atomic mass is 10.1. The molecule has 0 N–H and O–H groups in total. The molecule has 2 rings (SSSR count). The molecule has 0 aliphatic carbocycles. The number of nitrogens with zero attached hydrogens (tertiary/aromatic N) is 2. The monoisotopic (exact) mass is 200 g/mol. The topological polar surface area (TPSA) is 35.0 Å². The van der Waals surface area contributed by atoms with Crippen molar-refractivity contribution in [3.63, 3.8) is 0 Å². The minimum Gasteiger partial charge on any atom is -0.469 e. The molecule has 1 heterocycles. The molecule has 3 heteroatoms. The Hall–Kier alpha value is -1.90. The number of ether oxygens (including phenoxy) is 1. The standard InChI is InChI=1S/C12H12N2O/c1-10(11-5-3-2-4-6-11)15-12-9-13-7-8-14-12/h2-10H,1H3. The minimum absolute atomic E-state index is 0.0112. The molecular weight excluding hydrogens is 188 g/mol. The molecule has 1 aromatic carbocycles. The molecule has 1 atom stereocenters. The molecule has 2 aromatic rings. The van der Waals surface area contributed by atoms with Crippen molar-refractivity contribution in [2.75, 3.05) is 0 Å². The highest BCUT2D eigenvalue weighted by Crippen LogP contribution is 2.18. The van der Waals surface area contributed by atoms with Gasteiger partial charge in [0.15, 0.2) is 0 Å². The molecule has 0 radical (unpaired) electrons. The van der Waals surface area contributed by atoms with Gasteiger partial charge in [-0.25, -0.2) is 4.98 Å². The lowest BCUT2D eigenvalue weighted by Gasteiger charge is -2.13. The van der Waals surface area contributed by atoms with E-state index in [9.17, 15) is 0 Å². The Labute approximate surface area is 88.8 Å². The van der Waals surface area contributed by atoms with Crippen LogP contribution in [0, 0.1) is 0 Å². The first-order chi connectivity index (χ1) is 7.36. The van der Waals surface area contributed by atoms with Gasteiger partial charge < -0.3 is 4.74 Å². The van der Waals surface area contributed by atoms with Crippen LogP contribution in [-0.4, -0.2) is 9.97 Å². The summed E-state index contributed by atoms with van der Waals surface area (Å²) in [5.74, 6) is 0.550. The van der Waals surface area contributed by atoms with Gasteiger partial charge in [0, 0.05) is 12.4 Å². The number of hydrogen-bond acceptors (Lipinski definition) is 3. The molecule has 0 aliphatic heterocycles. The summed E-state index contributed by atoms with van der Waals surface area (Å²) >= 11 is 0. The maximum absolute atomic E-state index is 5.63. The molecule has 1 unspecified atom stereocenters. The van der Waals surface area contributed by atoms with Crippen molar-refractivity contribution in [2.24, 2.45) is 0 Å². The predicted octanol–water partition coefficient (Wildman–Crippen LogP) is 2.62. The molecule has 0 aliphatic rings. The Morgan fingerprint density at radius 2 is 1.93 bits per heavy atom. The molecular formula is C12H12N2O. The number of aromatic nitrogens is 2. The molecule has 76 valence electrons. The summed E-state index contributed by atoms with van der Waals surface area (Å²) in [6.45, 7) is 1.99. The van der Waals surface area contributed by atoms with Crippen LogP contribution in [0.1, 0.15) is 18.6 Å². The lowest BCUT2D eigenvalue weighted by Crippen LogP contribution is -2.03. The van der Waals surface area contributed by atoms with E-state index in [1.807, 2.05) is 37.3 Å². The van der Waals surface area contributed by atoms with Crippen LogP contribution in [0.2, 0.25) is 0 Å². The quantitative estimate of drug-likeness (QED) is 0.763. The summed E-state index contributed by atoms with van der Waals surface area (Å²) in [4.78, 5) is 8.00. The summed E-state index contributed by atoms with van der Waals surface area (Å²) in [6.07, 6.45) is 4.84. The zero-order chi connectivity index (χ0) is 10.5. The zero-order valence-electron chi connectivity index (χ0n) is 8.50. The summed E-state index contributed by atoms with van der Waals surface area (Å²) in [5.41, 5.74) is 1.13. The second-order valence-electron chi connectivity index (χ2n) is 3.21. The van der Waals surface area contributed by atoms with Gasteiger partial charge in [-0.05, 0) is 12.5 Å². The van der Waals surface area contributed by atoms with Crippen molar-refractivity contribution in [2.45, 2.75) is 13.0 Å². The maximum atomic E-state index is 5.63. The largest absolute Gasteiger partial charge is 0.469 e. The normalized spacial score (nSPS) is 12.1. The van der Waals surface area contributed by atoms with Crippen LogP contribution < -0.4 is 4.74 Å². The van der Waals surface area contributed by atoms with Gasteiger partial charge in [-0.3, -0.25) is 4.98 Å². The predicted molar refractivity (Wildman–Crippen MR) is 57.5 cm³/mol. The lowest BCUT2D eigenvalue weighted by molar-refractivity contribution is 0.216. The summed E-state index contributed by atoms with van der Waals surface area (Å²) < 4.78 is 5.63. The number of hydrogen-bond donors (Lipinski definition) is 0. The van der Waals surface area contributed by atoms with E-state index in [4.69, 9.17) is 4.74 Å². The molecule has 1 aromatic heterocycles. The third-order valence-electron chi connectivity index (χ3n) is 2.11. The van der Waals surface area contributed by atoms with E-state index >= 15 is 0 Å². The maximum Gasteiger partial charge on any atom is 0.232 e. The van der Waals surface area contributed by atoms with Crippen LogP contribution in [0.3, 0.4) is 0 Å². The Morgan fingerprint density at radius 1 is 1.13 bits per heavy atom. The van der Waals surface area contributed by atoms with E-state index in [0.29, 0.717) is 5.88 Å². The summed E-state index contributed by atoms with van der Waals surface area (Å²) in [5, 5.41) is 0. The van der Waals surface area contributed by atoms with Gasteiger partial charge in [-0.15, -0.1) is 0 Å². The molecule has 0 saturated carbocycles. The summed E-state index contributed by atoms with van der Waals surface area (Å²) in [7, 11) is 0. The fraction of sp³-hybridized carbons (Fsp3) is 0.167. The second kappa shape index (κ2) is 4.55. The first-order valence-electron chi connectivity index (χ1n) is 4.84. The van der Waals surface area contributed by atoms with E-state index in [1.54, 1.807) is 18.6 Å². The first-order valence-corrected chi connectivity index (χ1v) is 4.84. The smallest absolute Gasteiger partial charge is 0.232 e. The highest BCUT2D eigenvalue weighted by Gasteiger charge is 2.06. The summed E-state index contributed by atoms with van der Waals surface area (Å²) in [6, 6.07) is 10.0. The van der Waals surface area contributed by atoms with E-state index in [-0.39, 0.29) is 6.10 Å². The fourth-order valence-corrected chi connectivity index (χ4v) is 1.32. The van der Waals surface area contributed by atoms with Crippen molar-refractivity contribution in [3.05, 3.63) is 54.5 Å². The Balaban J connectivity index is 2.08. The van der Waals surface area contributed by atoms with E-state index in [0.717, 1.165) is 5.56 Å². The van der Waals surface area contributed by atoms with Crippen molar-refractivity contribution >= 4 is 0 Å². The van der Waals surface area contributed by atoms with Gasteiger partial charge in [0.05, 0.1) is 6.20 Å². The Bertz CT molecular complexity index is 402. The van der Waals surface area contributed by atoms with Crippen molar-refractivity contribution < 1.29 is 4.74 Å². The average molecular weight is 200 g/mol. The number of benzene rings is 1. The highest BCUT2D eigenvalue weighted by molar-refractivity contribution is 5.18. The first kappa shape index (κ1) is 9.65. The zero-order valence-corrected chi connectivity index (χ0v) is 8.50. The van der Waals surface area contributed by atoms with Crippen molar-refractivity contribution in [1.82, 2.24) is 9.97 Å². The van der Waals surface area contributed by atoms with Gasteiger partial charge in [0.1, 0.15) is 6.10 Å². The molecule has 15 heavy (non-hydrogen) atoms. The van der Waals surface area contributed by atoms with Crippen LogP contribution in [0.5, 0.6) is 5.88 Å². The minimum atomic E-state index is -0.0112. The fourth-order valence-electron chi connectivity index (χ4n) is 1.32. The van der Waals surface area contributed by atoms with Gasteiger partial charge >= 0.3 is 0 Å². The van der Waals surface area contributed by atoms with E-state index in [1.165, 1.54) is 0 Å². The number of rotatable bonds is 3. The third-order valence-corrected chi connectivity index (χ3v) is 2.11. The highest BCUT2D eigenvalue weighted by atomic mass is 16.5. The van der Waals surface area contributed by atoms with Gasteiger partial charge in [-0.2, -0.15) is 0 Å². The molecule has 3 nitrogen and oxygen atoms in total. The Morgan fingerprint density at radius 3 is 2.60 bits per heavy atom. The Kier molecular flexibility index (Phi) is 2.93. The van der Waals surface area contributed by atoms with Gasteiger partial charge in [0.2, 0.25) is 5.88 Å². The molecule has 0 amide bonds. The van der Waals surface area contributed by atoms with Crippen LogP contribution in [0.15, 0.2) is 48.9 Å². The van der Waals surface area contributed by atoms with E-state index in [2.05, 4.69) is 9.97 Å². The van der Waals surface area contributed by atoms with Crippen molar-refractivity contribution in [1.29, 1.82) is 0 Å². The van der Waals surface area contributed by atoms with Crippen molar-refractivity contribution in [3.8, 4) is 5.88 Å². The molecule has 0 fully saturated rings.